The molecule has 8 heteroatoms. The van der Waals surface area contributed by atoms with Crippen LogP contribution < -0.4 is 5.56 Å². The van der Waals surface area contributed by atoms with Gasteiger partial charge in [0.25, 0.3) is 5.56 Å². The molecule has 31 heavy (non-hydrogen) atoms. The standard InChI is InChI=1S/C23H21ClN2O4S/c24-21-6-2-1-5-20(21)17-7-9-18(10-8-17)22(27)16-25-15-19(11-12-23(25)28)31(29,30)26-13-3-4-14-26/h1-2,5-12,15H,3-4,13-14,16H2. The third kappa shape index (κ3) is 4.49. The number of hydrogen-bond donors (Lipinski definition) is 0. The van der Waals surface area contributed by atoms with Gasteiger partial charge in [0, 0.05) is 41.5 Å². The summed E-state index contributed by atoms with van der Waals surface area (Å²) in [5, 5.41) is 0.615. The van der Waals surface area contributed by atoms with Crippen molar-refractivity contribution in [1.29, 1.82) is 0 Å². The highest BCUT2D eigenvalue weighted by Crippen LogP contribution is 2.27. The zero-order chi connectivity index (χ0) is 22.0. The SMILES string of the molecule is O=C(Cn1cc(S(=O)(=O)N2CCCC2)ccc1=O)c1ccc(-c2ccccc2Cl)cc1. The van der Waals surface area contributed by atoms with Crippen LogP contribution in [-0.4, -0.2) is 36.2 Å². The Bertz CT molecular complexity index is 1280. The summed E-state index contributed by atoms with van der Waals surface area (Å²) in [5.74, 6) is -0.288. The van der Waals surface area contributed by atoms with Gasteiger partial charge in [-0.3, -0.25) is 9.59 Å². The molecule has 0 spiro atoms. The van der Waals surface area contributed by atoms with Crippen LogP contribution in [0.25, 0.3) is 11.1 Å². The largest absolute Gasteiger partial charge is 0.306 e. The van der Waals surface area contributed by atoms with E-state index in [4.69, 9.17) is 11.6 Å². The number of nitrogens with zero attached hydrogens (tertiary/aromatic N) is 2. The molecule has 0 N–H and O–H groups in total. The van der Waals surface area contributed by atoms with Crippen molar-refractivity contribution in [3.8, 4) is 11.1 Å². The summed E-state index contributed by atoms with van der Waals surface area (Å²) in [7, 11) is -3.67. The third-order valence-electron chi connectivity index (χ3n) is 5.36. The summed E-state index contributed by atoms with van der Waals surface area (Å²) in [6.45, 7) is 0.698. The van der Waals surface area contributed by atoms with Gasteiger partial charge < -0.3 is 4.57 Å². The number of hydrogen-bond acceptors (Lipinski definition) is 4. The number of benzene rings is 2. The molecule has 0 aliphatic carbocycles. The van der Waals surface area contributed by atoms with E-state index in [0.29, 0.717) is 23.7 Å². The fourth-order valence-corrected chi connectivity index (χ4v) is 5.42. The van der Waals surface area contributed by atoms with Crippen molar-refractivity contribution in [1.82, 2.24) is 8.87 Å². The van der Waals surface area contributed by atoms with Gasteiger partial charge in [0.05, 0.1) is 11.4 Å². The molecule has 0 radical (unpaired) electrons. The Hall–Kier alpha value is -2.74. The number of ketones is 1. The molecule has 4 rings (SSSR count). The Kier molecular flexibility index (Phi) is 6.09. The molecule has 6 nitrogen and oxygen atoms in total. The molecular formula is C23H21ClN2O4S. The zero-order valence-electron chi connectivity index (χ0n) is 16.7. The van der Waals surface area contributed by atoms with Crippen molar-refractivity contribution in [3.05, 3.63) is 87.8 Å². The normalized spacial score (nSPS) is 14.6. The predicted molar refractivity (Wildman–Crippen MR) is 120 cm³/mol. The quantitative estimate of drug-likeness (QED) is 0.528. The molecule has 0 bridgehead atoms. The predicted octanol–water partition coefficient (Wildman–Crippen LogP) is 3.84. The van der Waals surface area contributed by atoms with Crippen molar-refractivity contribution in [2.24, 2.45) is 0 Å². The molecule has 1 aliphatic heterocycles. The van der Waals surface area contributed by atoms with E-state index in [0.717, 1.165) is 28.5 Å². The molecule has 1 aromatic heterocycles. The summed E-state index contributed by atoms with van der Waals surface area (Å²) in [5.41, 5.74) is 1.73. The number of halogens is 1. The minimum atomic E-state index is -3.67. The lowest BCUT2D eigenvalue weighted by Crippen LogP contribution is -2.30. The van der Waals surface area contributed by atoms with Crippen molar-refractivity contribution in [2.75, 3.05) is 13.1 Å². The first-order valence-corrected chi connectivity index (χ1v) is 11.8. The molecule has 0 unspecified atom stereocenters. The summed E-state index contributed by atoms with van der Waals surface area (Å²) < 4.78 is 28.1. The molecule has 1 saturated heterocycles. The van der Waals surface area contributed by atoms with E-state index in [9.17, 15) is 18.0 Å². The molecule has 2 heterocycles. The van der Waals surface area contributed by atoms with Gasteiger partial charge in [-0.15, -0.1) is 0 Å². The molecule has 0 amide bonds. The van der Waals surface area contributed by atoms with Gasteiger partial charge in [-0.2, -0.15) is 4.31 Å². The van der Waals surface area contributed by atoms with Crippen molar-refractivity contribution < 1.29 is 13.2 Å². The van der Waals surface area contributed by atoms with Crippen LogP contribution in [0.4, 0.5) is 0 Å². The number of sulfonamides is 1. The molecule has 1 aliphatic rings. The maximum absolute atomic E-state index is 12.8. The highest BCUT2D eigenvalue weighted by Gasteiger charge is 2.27. The Balaban J connectivity index is 1.56. The Morgan fingerprint density at radius 1 is 0.935 bits per heavy atom. The second-order valence-corrected chi connectivity index (χ2v) is 9.77. The number of pyridine rings is 1. The first-order valence-electron chi connectivity index (χ1n) is 9.95. The van der Waals surface area contributed by atoms with Crippen LogP contribution >= 0.6 is 11.6 Å². The highest BCUT2D eigenvalue weighted by molar-refractivity contribution is 7.89. The van der Waals surface area contributed by atoms with Crippen LogP contribution in [0, 0.1) is 0 Å². The second kappa shape index (κ2) is 8.78. The van der Waals surface area contributed by atoms with Crippen LogP contribution in [0.5, 0.6) is 0 Å². The van der Waals surface area contributed by atoms with Crippen LogP contribution in [0.15, 0.2) is 76.6 Å². The smallest absolute Gasteiger partial charge is 0.251 e. The first-order chi connectivity index (χ1) is 14.9. The Morgan fingerprint density at radius 2 is 1.61 bits per heavy atom. The molecule has 0 saturated carbocycles. The molecule has 0 atom stereocenters. The minimum Gasteiger partial charge on any atom is -0.306 e. The van der Waals surface area contributed by atoms with Gasteiger partial charge in [-0.05, 0) is 30.5 Å². The third-order valence-corrected chi connectivity index (χ3v) is 7.58. The molecular weight excluding hydrogens is 436 g/mol. The van der Waals surface area contributed by atoms with Crippen LogP contribution in [0.1, 0.15) is 23.2 Å². The lowest BCUT2D eigenvalue weighted by molar-refractivity contribution is 0.0970. The van der Waals surface area contributed by atoms with Crippen molar-refractivity contribution in [2.45, 2.75) is 24.3 Å². The Morgan fingerprint density at radius 3 is 2.29 bits per heavy atom. The minimum absolute atomic E-state index is 0.0240. The number of carbonyl (C=O) groups is 1. The monoisotopic (exact) mass is 456 g/mol. The molecule has 2 aromatic carbocycles. The number of aromatic nitrogens is 1. The van der Waals surface area contributed by atoms with Crippen molar-refractivity contribution in [3.63, 3.8) is 0 Å². The highest BCUT2D eigenvalue weighted by atomic mass is 35.5. The summed E-state index contributed by atoms with van der Waals surface area (Å²) >= 11 is 6.23. The van der Waals surface area contributed by atoms with E-state index in [1.54, 1.807) is 30.3 Å². The molecule has 1 fully saturated rings. The average molecular weight is 457 g/mol. The van der Waals surface area contributed by atoms with Gasteiger partial charge in [0.2, 0.25) is 10.0 Å². The topological polar surface area (TPSA) is 76.5 Å². The van der Waals surface area contributed by atoms with Crippen molar-refractivity contribution >= 4 is 27.4 Å². The van der Waals surface area contributed by atoms with E-state index in [1.165, 1.54) is 22.6 Å². The fourth-order valence-electron chi connectivity index (χ4n) is 3.64. The molecule has 3 aromatic rings. The zero-order valence-corrected chi connectivity index (χ0v) is 18.3. The number of carbonyl (C=O) groups excluding carboxylic acids is 1. The fraction of sp³-hybridized carbons (Fsp3) is 0.217. The molecule has 160 valence electrons. The first kappa shape index (κ1) is 21.5. The van der Waals surface area contributed by atoms with E-state index < -0.39 is 15.6 Å². The maximum atomic E-state index is 12.8. The Labute approximate surface area is 185 Å². The average Bonchev–Trinajstić information content (AvgIpc) is 3.31. The lowest BCUT2D eigenvalue weighted by Gasteiger charge is -2.16. The van der Waals surface area contributed by atoms with Crippen LogP contribution in [-0.2, 0) is 16.6 Å². The van der Waals surface area contributed by atoms with Crippen LogP contribution in [0.2, 0.25) is 5.02 Å². The van der Waals surface area contributed by atoms with Gasteiger partial charge in [-0.1, -0.05) is 54.1 Å². The van der Waals surface area contributed by atoms with E-state index in [1.807, 2.05) is 18.2 Å². The van der Waals surface area contributed by atoms with E-state index in [2.05, 4.69) is 0 Å². The van der Waals surface area contributed by atoms with Gasteiger partial charge in [0.15, 0.2) is 5.78 Å². The van der Waals surface area contributed by atoms with E-state index >= 15 is 0 Å². The maximum Gasteiger partial charge on any atom is 0.251 e. The summed E-state index contributed by atoms with van der Waals surface area (Å²) in [4.78, 5) is 25.0. The number of rotatable bonds is 6. The number of Topliss-reactive ketones (excluding diaryl/α,β-unsaturated/α-hetero) is 1. The van der Waals surface area contributed by atoms with Gasteiger partial charge >= 0.3 is 0 Å². The lowest BCUT2D eigenvalue weighted by atomic mass is 10.0. The summed E-state index contributed by atoms with van der Waals surface area (Å²) in [6.07, 6.45) is 2.90. The van der Waals surface area contributed by atoms with Crippen LogP contribution in [0.3, 0.4) is 0 Å². The summed E-state index contributed by atoms with van der Waals surface area (Å²) in [6, 6.07) is 16.9. The van der Waals surface area contributed by atoms with E-state index in [-0.39, 0.29) is 17.2 Å². The van der Waals surface area contributed by atoms with Gasteiger partial charge in [-0.25, -0.2) is 8.42 Å². The van der Waals surface area contributed by atoms with Gasteiger partial charge in [0.1, 0.15) is 0 Å². The second-order valence-electron chi connectivity index (χ2n) is 7.42.